The second-order valence-corrected chi connectivity index (χ2v) is 8.63. The molecule has 0 atom stereocenters. The van der Waals surface area contributed by atoms with Crippen LogP contribution in [0.25, 0.3) is 6.08 Å². The molecule has 1 saturated heterocycles. The molecule has 0 aliphatic carbocycles. The van der Waals surface area contributed by atoms with Crippen molar-refractivity contribution in [3.05, 3.63) is 62.5 Å². The molecule has 1 aliphatic heterocycles. The summed E-state index contributed by atoms with van der Waals surface area (Å²) in [4.78, 5) is 12.5. The van der Waals surface area contributed by atoms with Gasteiger partial charge in [0.1, 0.15) is 29.0 Å². The van der Waals surface area contributed by atoms with Crippen molar-refractivity contribution in [1.29, 1.82) is 0 Å². The Labute approximate surface area is 176 Å². The summed E-state index contributed by atoms with van der Waals surface area (Å²) in [7, 11) is 0. The molecule has 140 valence electrons. The molecule has 0 saturated carbocycles. The van der Waals surface area contributed by atoms with Crippen molar-refractivity contribution < 1.29 is 14.3 Å². The third-order valence-electron chi connectivity index (χ3n) is 3.84. The summed E-state index contributed by atoms with van der Waals surface area (Å²) in [6.45, 7) is 4.87. The van der Waals surface area contributed by atoms with Crippen LogP contribution in [0.3, 0.4) is 0 Å². The van der Waals surface area contributed by atoms with Gasteiger partial charge in [-0.3, -0.25) is 4.79 Å². The van der Waals surface area contributed by atoms with E-state index in [0.717, 1.165) is 26.9 Å². The van der Waals surface area contributed by atoms with E-state index in [1.54, 1.807) is 6.08 Å². The average molecular weight is 464 g/mol. The van der Waals surface area contributed by atoms with Crippen LogP contribution in [0.2, 0.25) is 0 Å². The minimum Gasteiger partial charge on any atom is -0.490 e. The fraction of sp³-hybridized carbons (Fsp3) is 0.200. The number of rotatable bonds is 6. The largest absolute Gasteiger partial charge is 0.490 e. The normalized spacial score (nSPS) is 15.1. The highest BCUT2D eigenvalue weighted by Gasteiger charge is 2.22. The zero-order valence-corrected chi connectivity index (χ0v) is 18.1. The van der Waals surface area contributed by atoms with E-state index in [-0.39, 0.29) is 5.91 Å². The van der Waals surface area contributed by atoms with Gasteiger partial charge in [-0.1, -0.05) is 52.0 Å². The average Bonchev–Trinajstić information content (AvgIpc) is 2.93. The molecule has 0 radical (unpaired) electrons. The topological polar surface area (TPSA) is 47.6 Å². The zero-order chi connectivity index (χ0) is 19.4. The molecular weight excluding hydrogens is 446 g/mol. The quantitative estimate of drug-likeness (QED) is 0.370. The molecule has 1 heterocycles. The zero-order valence-electron chi connectivity index (χ0n) is 14.9. The standard InChI is InChI=1S/C20H18BrNO3S2/c1-12-3-4-13(2)17(9-12)25-8-7-24-16-6-5-15(21)10-14(16)11-18-19(23)22-20(26)27-18/h3-6,9-11H,7-8H2,1-2H3,(H,22,23,26). The van der Waals surface area contributed by atoms with E-state index in [9.17, 15) is 4.79 Å². The van der Waals surface area contributed by atoms with Crippen LogP contribution in [0.15, 0.2) is 45.8 Å². The van der Waals surface area contributed by atoms with Crippen LogP contribution < -0.4 is 14.8 Å². The third-order valence-corrected chi connectivity index (χ3v) is 5.50. The van der Waals surface area contributed by atoms with E-state index in [1.165, 1.54) is 11.8 Å². The monoisotopic (exact) mass is 463 g/mol. The van der Waals surface area contributed by atoms with Crippen molar-refractivity contribution >= 4 is 56.2 Å². The Bertz CT molecular complexity index is 927. The lowest BCUT2D eigenvalue weighted by atomic mass is 10.1. The Hall–Kier alpha value is -1.83. The van der Waals surface area contributed by atoms with Crippen molar-refractivity contribution in [3.8, 4) is 11.5 Å². The molecule has 0 bridgehead atoms. The highest BCUT2D eigenvalue weighted by molar-refractivity contribution is 9.10. The number of thiocarbonyl (C=S) groups is 1. The minimum atomic E-state index is -0.186. The minimum absolute atomic E-state index is 0.186. The van der Waals surface area contributed by atoms with E-state index in [4.69, 9.17) is 21.7 Å². The van der Waals surface area contributed by atoms with E-state index >= 15 is 0 Å². The number of carbonyl (C=O) groups is 1. The molecular formula is C20H18BrNO3S2. The van der Waals surface area contributed by atoms with Gasteiger partial charge in [0.25, 0.3) is 5.91 Å². The van der Waals surface area contributed by atoms with Crippen LogP contribution in [-0.2, 0) is 4.79 Å². The van der Waals surface area contributed by atoms with Gasteiger partial charge in [0.15, 0.2) is 0 Å². The molecule has 2 aromatic rings. The lowest BCUT2D eigenvalue weighted by Gasteiger charge is -2.13. The molecule has 0 unspecified atom stereocenters. The van der Waals surface area contributed by atoms with Crippen molar-refractivity contribution in [3.63, 3.8) is 0 Å². The first kappa shape index (κ1) is 19.9. The molecule has 27 heavy (non-hydrogen) atoms. The molecule has 3 rings (SSSR count). The lowest BCUT2D eigenvalue weighted by Crippen LogP contribution is -2.17. The van der Waals surface area contributed by atoms with E-state index in [0.29, 0.717) is 28.2 Å². The number of ether oxygens (including phenoxy) is 2. The second-order valence-electron chi connectivity index (χ2n) is 6.00. The van der Waals surface area contributed by atoms with Gasteiger partial charge in [0, 0.05) is 10.0 Å². The second kappa shape index (κ2) is 8.91. The van der Waals surface area contributed by atoms with Crippen LogP contribution in [-0.4, -0.2) is 23.4 Å². The van der Waals surface area contributed by atoms with Gasteiger partial charge in [-0.15, -0.1) is 0 Å². The Morgan fingerprint density at radius 1 is 1.11 bits per heavy atom. The number of hydrogen-bond acceptors (Lipinski definition) is 5. The molecule has 4 nitrogen and oxygen atoms in total. The number of aryl methyl sites for hydroxylation is 2. The fourth-order valence-corrected chi connectivity index (χ4v) is 3.91. The summed E-state index contributed by atoms with van der Waals surface area (Å²) in [6.07, 6.45) is 1.78. The van der Waals surface area contributed by atoms with E-state index < -0.39 is 0 Å². The van der Waals surface area contributed by atoms with Gasteiger partial charge in [-0.05, 0) is 55.3 Å². The highest BCUT2D eigenvalue weighted by atomic mass is 79.9. The van der Waals surface area contributed by atoms with Crippen LogP contribution in [0.5, 0.6) is 11.5 Å². The van der Waals surface area contributed by atoms with Gasteiger partial charge >= 0.3 is 0 Å². The predicted molar refractivity (Wildman–Crippen MR) is 117 cm³/mol. The van der Waals surface area contributed by atoms with Crippen LogP contribution in [0.1, 0.15) is 16.7 Å². The van der Waals surface area contributed by atoms with Gasteiger partial charge in [0.2, 0.25) is 0 Å². The summed E-state index contributed by atoms with van der Waals surface area (Å²) in [5.74, 6) is 1.36. The Morgan fingerprint density at radius 3 is 2.56 bits per heavy atom. The maximum Gasteiger partial charge on any atom is 0.263 e. The van der Waals surface area contributed by atoms with E-state index in [1.807, 2.05) is 44.2 Å². The van der Waals surface area contributed by atoms with Gasteiger partial charge in [-0.2, -0.15) is 0 Å². The maximum absolute atomic E-state index is 11.9. The van der Waals surface area contributed by atoms with Gasteiger partial charge < -0.3 is 14.8 Å². The van der Waals surface area contributed by atoms with Crippen LogP contribution in [0.4, 0.5) is 0 Å². The number of carbonyl (C=O) groups excluding carboxylic acids is 1. The summed E-state index contributed by atoms with van der Waals surface area (Å²) >= 11 is 9.74. The summed E-state index contributed by atoms with van der Waals surface area (Å²) in [6, 6.07) is 11.8. The van der Waals surface area contributed by atoms with Gasteiger partial charge in [0.05, 0.1) is 4.91 Å². The van der Waals surface area contributed by atoms with Crippen LogP contribution >= 0.6 is 39.9 Å². The molecule has 1 N–H and O–H groups in total. The Balaban J connectivity index is 1.67. The number of halogens is 1. The highest BCUT2D eigenvalue weighted by Crippen LogP contribution is 2.31. The molecule has 7 heteroatoms. The van der Waals surface area contributed by atoms with Crippen molar-refractivity contribution in [2.45, 2.75) is 13.8 Å². The fourth-order valence-electron chi connectivity index (χ4n) is 2.49. The Kier molecular flexibility index (Phi) is 6.57. The summed E-state index contributed by atoms with van der Waals surface area (Å²) in [5, 5.41) is 2.62. The maximum atomic E-state index is 11.9. The Morgan fingerprint density at radius 2 is 1.85 bits per heavy atom. The molecule has 1 amide bonds. The molecule has 1 fully saturated rings. The third kappa shape index (κ3) is 5.34. The number of benzene rings is 2. The van der Waals surface area contributed by atoms with Crippen molar-refractivity contribution in [1.82, 2.24) is 5.32 Å². The summed E-state index contributed by atoms with van der Waals surface area (Å²) < 4.78 is 13.1. The number of nitrogens with one attached hydrogen (secondary N) is 1. The predicted octanol–water partition coefficient (Wildman–Crippen LogP) is 5.01. The first-order valence-electron chi connectivity index (χ1n) is 8.29. The lowest BCUT2D eigenvalue weighted by molar-refractivity contribution is -0.115. The molecule has 0 aromatic heterocycles. The van der Waals surface area contributed by atoms with Crippen molar-refractivity contribution in [2.24, 2.45) is 0 Å². The SMILES string of the molecule is Cc1ccc(C)c(OCCOc2ccc(Br)cc2C=C2SC(=S)NC2=O)c1. The molecule has 1 aliphatic rings. The van der Waals surface area contributed by atoms with E-state index in [2.05, 4.69) is 27.3 Å². The molecule has 0 spiro atoms. The first-order chi connectivity index (χ1) is 12.9. The number of amides is 1. The molecule has 2 aromatic carbocycles. The smallest absolute Gasteiger partial charge is 0.263 e. The first-order valence-corrected chi connectivity index (χ1v) is 10.3. The number of hydrogen-bond donors (Lipinski definition) is 1. The van der Waals surface area contributed by atoms with Gasteiger partial charge in [-0.25, -0.2) is 0 Å². The summed E-state index contributed by atoms with van der Waals surface area (Å²) in [5.41, 5.74) is 3.05. The van der Waals surface area contributed by atoms with Crippen molar-refractivity contribution in [2.75, 3.05) is 13.2 Å². The van der Waals surface area contributed by atoms with Crippen LogP contribution in [0, 0.1) is 13.8 Å². The number of thioether (sulfide) groups is 1.